The van der Waals surface area contributed by atoms with Crippen molar-refractivity contribution >= 4 is 28.7 Å². The number of aromatic carboxylic acids is 1. The highest BCUT2D eigenvalue weighted by Crippen LogP contribution is 2.33. The Balaban J connectivity index is 1.80. The summed E-state index contributed by atoms with van der Waals surface area (Å²) in [4.78, 5) is 15.5. The molecular weight excluding hydrogens is 357 g/mol. The van der Waals surface area contributed by atoms with Gasteiger partial charge >= 0.3 is 5.97 Å². The van der Waals surface area contributed by atoms with Crippen LogP contribution in [0, 0.1) is 5.82 Å². The number of fused-ring (bicyclic) bond motifs is 1. The predicted octanol–water partition coefficient (Wildman–Crippen LogP) is 5.65. The molecule has 6 heteroatoms. The number of aromatic nitrogens is 1. The first-order valence-corrected chi connectivity index (χ1v) is 8.08. The maximum absolute atomic E-state index is 13.1. The second-order valence-electron chi connectivity index (χ2n) is 5.74. The molecule has 4 rings (SSSR count). The smallest absolute Gasteiger partial charge is 0.335 e. The Bertz CT molecular complexity index is 1140. The molecule has 0 fully saturated rings. The molecule has 0 unspecified atom stereocenters. The fourth-order valence-electron chi connectivity index (χ4n) is 2.72. The number of benzene rings is 2. The summed E-state index contributed by atoms with van der Waals surface area (Å²) < 4.78 is 18.8. The van der Waals surface area contributed by atoms with E-state index in [-0.39, 0.29) is 11.4 Å². The van der Waals surface area contributed by atoms with Crippen LogP contribution in [0.4, 0.5) is 4.39 Å². The summed E-state index contributed by atoms with van der Waals surface area (Å²) >= 11 is 6.22. The molecule has 2 aromatic heterocycles. The molecule has 26 heavy (non-hydrogen) atoms. The molecule has 0 aliphatic heterocycles. The van der Waals surface area contributed by atoms with E-state index in [1.54, 1.807) is 30.5 Å². The Morgan fingerprint density at radius 3 is 2.54 bits per heavy atom. The lowest BCUT2D eigenvalue weighted by Gasteiger charge is -2.05. The Labute approximate surface area is 152 Å². The van der Waals surface area contributed by atoms with Crippen molar-refractivity contribution in [2.45, 2.75) is 0 Å². The van der Waals surface area contributed by atoms with E-state index in [0.717, 1.165) is 10.9 Å². The van der Waals surface area contributed by atoms with Crippen molar-refractivity contribution in [1.29, 1.82) is 0 Å². The largest absolute Gasteiger partial charge is 0.478 e. The quantitative estimate of drug-likeness (QED) is 0.508. The summed E-state index contributed by atoms with van der Waals surface area (Å²) in [5.74, 6) is -0.785. The number of rotatable bonds is 3. The van der Waals surface area contributed by atoms with E-state index in [2.05, 4.69) is 4.98 Å². The maximum atomic E-state index is 13.1. The Hall–Kier alpha value is -3.18. The van der Waals surface area contributed by atoms with Crippen LogP contribution in [0.2, 0.25) is 5.02 Å². The van der Waals surface area contributed by atoms with Crippen molar-refractivity contribution in [2.24, 2.45) is 0 Å². The van der Waals surface area contributed by atoms with E-state index in [1.807, 2.05) is 6.07 Å². The molecule has 0 spiro atoms. The molecule has 4 nitrogen and oxygen atoms in total. The van der Waals surface area contributed by atoms with Crippen molar-refractivity contribution in [3.05, 3.63) is 77.2 Å². The molecule has 0 saturated heterocycles. The van der Waals surface area contributed by atoms with Gasteiger partial charge < -0.3 is 9.52 Å². The van der Waals surface area contributed by atoms with E-state index < -0.39 is 5.97 Å². The normalized spacial score (nSPS) is 11.0. The molecule has 0 saturated carbocycles. The van der Waals surface area contributed by atoms with Gasteiger partial charge in [0.25, 0.3) is 0 Å². The standard InChI is InChI=1S/C20H11ClFNO3/c21-17-6-3-12(20(24)25)8-16(17)14-7-13-9-18(26-19(13)23-10-14)11-1-4-15(22)5-2-11/h1-10H,(H,24,25). The summed E-state index contributed by atoms with van der Waals surface area (Å²) in [5, 5.41) is 10.3. The third-order valence-electron chi connectivity index (χ3n) is 4.03. The lowest BCUT2D eigenvalue weighted by molar-refractivity contribution is 0.0697. The minimum atomic E-state index is -1.03. The summed E-state index contributed by atoms with van der Waals surface area (Å²) in [6.07, 6.45) is 1.58. The van der Waals surface area contributed by atoms with E-state index >= 15 is 0 Å². The predicted molar refractivity (Wildman–Crippen MR) is 96.8 cm³/mol. The maximum Gasteiger partial charge on any atom is 0.335 e. The first-order valence-electron chi connectivity index (χ1n) is 7.70. The number of furan rings is 1. The Morgan fingerprint density at radius 1 is 1.04 bits per heavy atom. The van der Waals surface area contributed by atoms with Crippen LogP contribution in [0.15, 0.2) is 65.2 Å². The molecular formula is C20H11ClFNO3. The van der Waals surface area contributed by atoms with Gasteiger partial charge in [0.05, 0.1) is 5.56 Å². The van der Waals surface area contributed by atoms with Gasteiger partial charge in [-0.25, -0.2) is 14.2 Å². The van der Waals surface area contributed by atoms with Crippen LogP contribution in [0.3, 0.4) is 0 Å². The zero-order valence-corrected chi connectivity index (χ0v) is 14.0. The lowest BCUT2D eigenvalue weighted by Crippen LogP contribution is -1.96. The second-order valence-corrected chi connectivity index (χ2v) is 6.14. The SMILES string of the molecule is O=C(O)c1ccc(Cl)c(-c2cnc3oc(-c4ccc(F)cc4)cc3c2)c1. The van der Waals surface area contributed by atoms with E-state index in [1.165, 1.54) is 24.3 Å². The van der Waals surface area contributed by atoms with Crippen LogP contribution in [-0.2, 0) is 0 Å². The van der Waals surface area contributed by atoms with Gasteiger partial charge in [0.15, 0.2) is 0 Å². The number of carboxylic acids is 1. The van der Waals surface area contributed by atoms with Crippen LogP contribution in [0.5, 0.6) is 0 Å². The van der Waals surface area contributed by atoms with Gasteiger partial charge in [-0.1, -0.05) is 11.6 Å². The summed E-state index contributed by atoms with van der Waals surface area (Å²) in [7, 11) is 0. The Morgan fingerprint density at radius 2 is 1.81 bits per heavy atom. The van der Waals surface area contributed by atoms with Crippen molar-refractivity contribution < 1.29 is 18.7 Å². The average molecular weight is 368 g/mol. The van der Waals surface area contributed by atoms with Crippen LogP contribution in [0.1, 0.15) is 10.4 Å². The van der Waals surface area contributed by atoms with Gasteiger partial charge in [0.1, 0.15) is 11.6 Å². The van der Waals surface area contributed by atoms with Gasteiger partial charge in [-0.05, 0) is 54.6 Å². The molecule has 2 aromatic carbocycles. The first-order chi connectivity index (χ1) is 12.5. The average Bonchev–Trinajstić information content (AvgIpc) is 3.05. The van der Waals surface area contributed by atoms with Gasteiger partial charge in [0, 0.05) is 33.3 Å². The van der Waals surface area contributed by atoms with E-state index in [0.29, 0.717) is 27.6 Å². The van der Waals surface area contributed by atoms with Crippen LogP contribution in [0.25, 0.3) is 33.6 Å². The molecule has 0 aliphatic rings. The zero-order chi connectivity index (χ0) is 18.3. The molecule has 128 valence electrons. The van der Waals surface area contributed by atoms with Gasteiger partial charge in [0.2, 0.25) is 5.71 Å². The molecule has 0 bridgehead atoms. The molecule has 0 amide bonds. The van der Waals surface area contributed by atoms with Crippen molar-refractivity contribution in [1.82, 2.24) is 4.98 Å². The Kier molecular flexibility index (Phi) is 3.93. The monoisotopic (exact) mass is 367 g/mol. The van der Waals surface area contributed by atoms with Gasteiger partial charge in [-0.3, -0.25) is 0 Å². The topological polar surface area (TPSA) is 63.3 Å². The van der Waals surface area contributed by atoms with E-state index in [4.69, 9.17) is 21.1 Å². The highest BCUT2D eigenvalue weighted by molar-refractivity contribution is 6.33. The zero-order valence-electron chi connectivity index (χ0n) is 13.2. The van der Waals surface area contributed by atoms with Crippen LogP contribution in [-0.4, -0.2) is 16.1 Å². The molecule has 0 atom stereocenters. The third kappa shape index (κ3) is 2.93. The number of hydrogen-bond acceptors (Lipinski definition) is 3. The van der Waals surface area contributed by atoms with E-state index in [9.17, 15) is 9.18 Å². The highest BCUT2D eigenvalue weighted by atomic mass is 35.5. The number of hydrogen-bond donors (Lipinski definition) is 1. The van der Waals surface area contributed by atoms with Gasteiger partial charge in [-0.2, -0.15) is 0 Å². The highest BCUT2D eigenvalue weighted by Gasteiger charge is 2.13. The number of carbonyl (C=O) groups is 1. The minimum Gasteiger partial charge on any atom is -0.478 e. The van der Waals surface area contributed by atoms with Crippen LogP contribution >= 0.6 is 11.6 Å². The summed E-state index contributed by atoms with van der Waals surface area (Å²) in [5.41, 5.74) is 2.56. The fraction of sp³-hybridized carbons (Fsp3) is 0. The fourth-order valence-corrected chi connectivity index (χ4v) is 2.94. The molecule has 1 N–H and O–H groups in total. The molecule has 4 aromatic rings. The lowest BCUT2D eigenvalue weighted by atomic mass is 10.0. The summed E-state index contributed by atoms with van der Waals surface area (Å²) in [6, 6.07) is 14.1. The third-order valence-corrected chi connectivity index (χ3v) is 4.35. The molecule has 0 radical (unpaired) electrons. The van der Waals surface area contributed by atoms with Crippen molar-refractivity contribution in [3.63, 3.8) is 0 Å². The van der Waals surface area contributed by atoms with Crippen LogP contribution < -0.4 is 0 Å². The van der Waals surface area contributed by atoms with Crippen molar-refractivity contribution in [2.75, 3.05) is 0 Å². The second kappa shape index (κ2) is 6.28. The summed E-state index contributed by atoms with van der Waals surface area (Å²) in [6.45, 7) is 0. The van der Waals surface area contributed by atoms with Gasteiger partial charge in [-0.15, -0.1) is 0 Å². The number of pyridine rings is 1. The minimum absolute atomic E-state index is 0.142. The number of carboxylic acid groups (broad SMARTS) is 1. The first kappa shape index (κ1) is 16.3. The molecule has 2 heterocycles. The van der Waals surface area contributed by atoms with Crippen molar-refractivity contribution in [3.8, 4) is 22.5 Å². The molecule has 0 aliphatic carbocycles. The number of halogens is 2. The number of nitrogens with zero attached hydrogens (tertiary/aromatic N) is 1.